The molecule has 1 spiro atoms. The number of likely N-dealkylation sites (N-methyl/N-ethyl adjacent to an activating group) is 1. The van der Waals surface area contributed by atoms with E-state index in [9.17, 15) is 19.5 Å². The number of nitrogens with zero attached hydrogens (tertiary/aromatic N) is 3. The summed E-state index contributed by atoms with van der Waals surface area (Å²) in [5.41, 5.74) is 0.693. The highest BCUT2D eigenvalue weighted by molar-refractivity contribution is 8.02. The van der Waals surface area contributed by atoms with Crippen molar-refractivity contribution in [2.24, 2.45) is 17.8 Å². The number of hydrogen-bond donors (Lipinski definition) is 1. The van der Waals surface area contributed by atoms with Crippen LogP contribution in [0.1, 0.15) is 20.3 Å². The molecule has 2 saturated heterocycles. The molecule has 1 aromatic carbocycles. The van der Waals surface area contributed by atoms with Gasteiger partial charge in [0.25, 0.3) is 5.91 Å². The van der Waals surface area contributed by atoms with E-state index in [1.165, 1.54) is 0 Å². The third kappa shape index (κ3) is 3.72. The Hall–Kier alpha value is -2.29. The lowest BCUT2D eigenvalue weighted by Gasteiger charge is -2.40. The number of thioether (sulfide) groups is 1. The van der Waals surface area contributed by atoms with Gasteiger partial charge >= 0.3 is 0 Å². The number of aliphatic hydroxyl groups excluding tert-OH is 1. The highest BCUT2D eigenvalue weighted by Crippen LogP contribution is 2.61. The van der Waals surface area contributed by atoms with Crippen molar-refractivity contribution < 1.29 is 19.5 Å². The van der Waals surface area contributed by atoms with E-state index in [0.29, 0.717) is 23.8 Å². The minimum atomic E-state index is -0.899. The molecule has 36 heavy (non-hydrogen) atoms. The summed E-state index contributed by atoms with van der Waals surface area (Å²) in [6, 6.07) is 5.73. The molecule has 0 bridgehead atoms. The van der Waals surface area contributed by atoms with Gasteiger partial charge in [-0.05, 0) is 30.2 Å². The third-order valence-corrected chi connectivity index (χ3v) is 10.3. The smallest absolute Gasteiger partial charge is 0.251 e. The van der Waals surface area contributed by atoms with Crippen LogP contribution in [0.4, 0.5) is 5.69 Å². The van der Waals surface area contributed by atoms with Crippen LogP contribution in [-0.4, -0.2) is 81.5 Å². The summed E-state index contributed by atoms with van der Waals surface area (Å²) in [6.45, 7) is 4.61. The molecule has 7 nitrogen and oxygen atoms in total. The van der Waals surface area contributed by atoms with Crippen LogP contribution in [0, 0.1) is 17.8 Å². The number of likely N-dealkylation sites (tertiary alicyclic amines) is 1. The maximum atomic E-state index is 14.4. The van der Waals surface area contributed by atoms with Gasteiger partial charge in [-0.1, -0.05) is 56.2 Å². The zero-order valence-corrected chi connectivity index (χ0v) is 22.3. The van der Waals surface area contributed by atoms with E-state index in [2.05, 4.69) is 0 Å². The van der Waals surface area contributed by atoms with Crippen molar-refractivity contribution in [3.8, 4) is 0 Å². The van der Waals surface area contributed by atoms with Gasteiger partial charge in [0.15, 0.2) is 0 Å². The van der Waals surface area contributed by atoms with E-state index < -0.39 is 28.7 Å². The third-order valence-electron chi connectivity index (χ3n) is 8.28. The van der Waals surface area contributed by atoms with Crippen LogP contribution >= 0.6 is 23.4 Å². The molecule has 7 atom stereocenters. The number of fused-ring (bicyclic) bond motifs is 2. The Balaban J connectivity index is 1.66. The zero-order valence-electron chi connectivity index (χ0n) is 20.7. The molecule has 0 saturated carbocycles. The van der Waals surface area contributed by atoms with Gasteiger partial charge in [-0.25, -0.2) is 0 Å². The number of amides is 3. The fourth-order valence-corrected chi connectivity index (χ4v) is 8.35. The molecule has 0 aliphatic carbocycles. The first-order valence-electron chi connectivity index (χ1n) is 12.5. The molecular formula is C27H32ClN3O4S. The van der Waals surface area contributed by atoms with E-state index >= 15 is 0 Å². The highest BCUT2D eigenvalue weighted by atomic mass is 35.5. The van der Waals surface area contributed by atoms with Crippen LogP contribution in [0.2, 0.25) is 5.02 Å². The van der Waals surface area contributed by atoms with Crippen LogP contribution in [0.15, 0.2) is 48.6 Å². The molecule has 9 heteroatoms. The quantitative estimate of drug-likeness (QED) is 0.593. The van der Waals surface area contributed by atoms with Gasteiger partial charge in [-0.15, -0.1) is 11.8 Å². The molecule has 1 unspecified atom stereocenters. The highest BCUT2D eigenvalue weighted by Gasteiger charge is 2.71. The number of anilines is 1. The largest absolute Gasteiger partial charge is 0.394 e. The summed E-state index contributed by atoms with van der Waals surface area (Å²) >= 11 is 7.65. The maximum Gasteiger partial charge on any atom is 0.251 e. The van der Waals surface area contributed by atoms with E-state index in [-0.39, 0.29) is 35.5 Å². The second kappa shape index (κ2) is 9.54. The molecule has 4 aliphatic rings. The van der Waals surface area contributed by atoms with Crippen molar-refractivity contribution in [3.05, 3.63) is 53.6 Å². The Morgan fingerprint density at radius 2 is 1.83 bits per heavy atom. The maximum absolute atomic E-state index is 14.4. The summed E-state index contributed by atoms with van der Waals surface area (Å²) in [5, 5.41) is 10.8. The van der Waals surface area contributed by atoms with Crippen molar-refractivity contribution in [1.82, 2.24) is 9.80 Å². The fraction of sp³-hybridized carbons (Fsp3) is 0.519. The molecule has 5 rings (SSSR count). The summed E-state index contributed by atoms with van der Waals surface area (Å²) in [4.78, 5) is 47.2. The van der Waals surface area contributed by atoms with Gasteiger partial charge in [-0.3, -0.25) is 14.4 Å². The number of halogens is 1. The second-order valence-corrected chi connectivity index (χ2v) is 12.1. The van der Waals surface area contributed by atoms with Crippen LogP contribution in [0.25, 0.3) is 0 Å². The van der Waals surface area contributed by atoms with Gasteiger partial charge in [0, 0.05) is 36.1 Å². The number of aliphatic hydroxyl groups is 1. The van der Waals surface area contributed by atoms with Crippen LogP contribution in [0.3, 0.4) is 0 Å². The summed E-state index contributed by atoms with van der Waals surface area (Å²) in [5.74, 6) is -1.75. The van der Waals surface area contributed by atoms with Crippen molar-refractivity contribution in [1.29, 1.82) is 0 Å². The van der Waals surface area contributed by atoms with Gasteiger partial charge in [0.1, 0.15) is 6.04 Å². The van der Waals surface area contributed by atoms with Gasteiger partial charge in [0.05, 0.1) is 29.2 Å². The average molecular weight is 530 g/mol. The van der Waals surface area contributed by atoms with E-state index in [1.807, 2.05) is 38.2 Å². The first kappa shape index (κ1) is 25.4. The number of hydrogen-bond acceptors (Lipinski definition) is 5. The molecule has 1 aromatic rings. The molecule has 192 valence electrons. The molecule has 3 amide bonds. The number of rotatable bonds is 5. The first-order valence-corrected chi connectivity index (χ1v) is 13.8. The minimum Gasteiger partial charge on any atom is -0.394 e. The predicted octanol–water partition coefficient (Wildman–Crippen LogP) is 2.98. The lowest BCUT2D eigenvalue weighted by atomic mass is 9.78. The monoisotopic (exact) mass is 529 g/mol. The number of carbonyl (C=O) groups excluding carboxylic acids is 3. The summed E-state index contributed by atoms with van der Waals surface area (Å²) < 4.78 is -0.899. The molecule has 0 radical (unpaired) electrons. The van der Waals surface area contributed by atoms with Crippen molar-refractivity contribution in [2.45, 2.75) is 42.3 Å². The lowest BCUT2D eigenvalue weighted by molar-refractivity contribution is -0.145. The summed E-state index contributed by atoms with van der Waals surface area (Å²) in [7, 11) is 1.76. The van der Waals surface area contributed by atoms with Crippen molar-refractivity contribution >= 4 is 46.8 Å². The Kier molecular flexibility index (Phi) is 6.72. The Bertz CT molecular complexity index is 1120. The fourth-order valence-electron chi connectivity index (χ4n) is 6.23. The van der Waals surface area contributed by atoms with Gasteiger partial charge in [-0.2, -0.15) is 0 Å². The normalized spacial score (nSPS) is 33.2. The number of carbonyl (C=O) groups is 3. The van der Waals surface area contributed by atoms with Crippen LogP contribution in [-0.2, 0) is 14.4 Å². The molecule has 0 aromatic heterocycles. The Morgan fingerprint density at radius 1 is 1.11 bits per heavy atom. The Morgan fingerprint density at radius 3 is 2.50 bits per heavy atom. The van der Waals surface area contributed by atoms with E-state index in [0.717, 1.165) is 6.42 Å². The van der Waals surface area contributed by atoms with Crippen LogP contribution < -0.4 is 4.90 Å². The average Bonchev–Trinajstić information content (AvgIpc) is 3.19. The number of benzene rings is 1. The zero-order chi connectivity index (χ0) is 25.8. The van der Waals surface area contributed by atoms with Gasteiger partial charge in [0.2, 0.25) is 11.8 Å². The van der Waals surface area contributed by atoms with Crippen molar-refractivity contribution in [3.63, 3.8) is 0 Å². The summed E-state index contributed by atoms with van der Waals surface area (Å²) in [6.07, 6.45) is 8.69. The lowest BCUT2D eigenvalue weighted by Crippen LogP contribution is -2.58. The SMILES string of the molecule is CC[C@H](C)[C@H](CO)N1C(=O)[C@@H]2[C@H]3C(=O)N(C)CC=C[C@H]3S[C@@]23C=CCN(c2ccc(Cl)cc2)C(=O)C13. The molecule has 1 N–H and O–H groups in total. The predicted molar refractivity (Wildman–Crippen MR) is 142 cm³/mol. The topological polar surface area (TPSA) is 81.2 Å². The van der Waals surface area contributed by atoms with E-state index in [1.54, 1.807) is 57.8 Å². The van der Waals surface area contributed by atoms with Crippen molar-refractivity contribution in [2.75, 3.05) is 31.6 Å². The first-order chi connectivity index (χ1) is 17.2. The van der Waals surface area contributed by atoms with E-state index in [4.69, 9.17) is 11.6 Å². The molecule has 4 heterocycles. The minimum absolute atomic E-state index is 0.0213. The molecular weight excluding hydrogens is 498 g/mol. The van der Waals surface area contributed by atoms with Crippen LogP contribution in [0.5, 0.6) is 0 Å². The molecule has 4 aliphatic heterocycles. The molecule has 2 fully saturated rings. The second-order valence-electron chi connectivity index (χ2n) is 10.2. The standard InChI is InChI=1S/C27H32ClN3O4S/c1-4-16(2)19(15-32)31-23-26(35)30(18-10-8-17(28)9-11-18)14-6-12-27(23)22(25(31)34)21-20(36-27)7-5-13-29(3)24(21)33/h5-12,16,19-23,32H,4,13-15H2,1-3H3/t16-,19-,20+,21-,22-,23?,27-/m0/s1. The Labute approximate surface area is 221 Å². The van der Waals surface area contributed by atoms with Gasteiger partial charge < -0.3 is 19.8 Å².